The second kappa shape index (κ2) is 3.55. The Kier molecular flexibility index (Phi) is 2.04. The zero-order chi connectivity index (χ0) is 11.8. The van der Waals surface area contributed by atoms with E-state index in [1.807, 2.05) is 29.8 Å². The van der Waals surface area contributed by atoms with E-state index in [2.05, 4.69) is 15.0 Å². The maximum Gasteiger partial charge on any atom is 0.150 e. The first-order valence-electron chi connectivity index (χ1n) is 5.26. The number of fused-ring (bicyclic) bond motifs is 1. The minimum atomic E-state index is 0.514. The molecule has 3 aromatic heterocycles. The normalized spacial score (nSPS) is 10.9. The van der Waals surface area contributed by atoms with Gasteiger partial charge in [0.05, 0.1) is 11.1 Å². The van der Waals surface area contributed by atoms with E-state index >= 15 is 0 Å². The fraction of sp³-hybridized carbons (Fsp3) is 0.0833. The van der Waals surface area contributed by atoms with Crippen LogP contribution in [0.5, 0.6) is 0 Å². The van der Waals surface area contributed by atoms with Crippen molar-refractivity contribution in [2.24, 2.45) is 0 Å². The summed E-state index contributed by atoms with van der Waals surface area (Å²) < 4.78 is 1.99. The number of nitrogens with zero attached hydrogens (tertiary/aromatic N) is 4. The molecule has 0 spiro atoms. The van der Waals surface area contributed by atoms with Crippen molar-refractivity contribution in [3.63, 3.8) is 0 Å². The molecule has 0 saturated heterocycles. The molecule has 0 amide bonds. The lowest BCUT2D eigenvalue weighted by Crippen LogP contribution is -1.96. The van der Waals surface area contributed by atoms with Gasteiger partial charge in [0, 0.05) is 18.6 Å². The lowest BCUT2D eigenvalue weighted by atomic mass is 10.2. The highest BCUT2D eigenvalue weighted by Gasteiger charge is 2.11. The van der Waals surface area contributed by atoms with E-state index in [0.717, 1.165) is 22.3 Å². The van der Waals surface area contributed by atoms with E-state index in [9.17, 15) is 0 Å². The number of rotatable bonds is 1. The topological polar surface area (TPSA) is 69.6 Å². The molecule has 17 heavy (non-hydrogen) atoms. The third kappa shape index (κ3) is 1.44. The first-order chi connectivity index (χ1) is 8.27. The molecule has 0 atom stereocenters. The Morgan fingerprint density at radius 3 is 2.71 bits per heavy atom. The molecule has 0 aliphatic carbocycles. The van der Waals surface area contributed by atoms with Crippen molar-refractivity contribution in [2.75, 3.05) is 5.73 Å². The first-order valence-corrected chi connectivity index (χ1v) is 5.26. The van der Waals surface area contributed by atoms with Gasteiger partial charge in [-0.2, -0.15) is 0 Å². The molecule has 0 radical (unpaired) electrons. The summed E-state index contributed by atoms with van der Waals surface area (Å²) in [6.45, 7) is 2.00. The van der Waals surface area contributed by atoms with Crippen molar-refractivity contribution in [1.82, 2.24) is 19.5 Å². The summed E-state index contributed by atoms with van der Waals surface area (Å²) >= 11 is 0. The van der Waals surface area contributed by atoms with E-state index < -0.39 is 0 Å². The van der Waals surface area contributed by atoms with Crippen molar-refractivity contribution < 1.29 is 0 Å². The van der Waals surface area contributed by atoms with Crippen molar-refractivity contribution in [2.45, 2.75) is 6.92 Å². The number of nitrogens with two attached hydrogens (primary N) is 1. The summed E-state index contributed by atoms with van der Waals surface area (Å²) in [4.78, 5) is 12.3. The van der Waals surface area contributed by atoms with E-state index in [0.29, 0.717) is 5.82 Å². The van der Waals surface area contributed by atoms with Crippen LogP contribution in [-0.4, -0.2) is 19.5 Å². The summed E-state index contributed by atoms with van der Waals surface area (Å²) in [6.07, 6.45) is 6.99. The molecule has 0 aliphatic rings. The van der Waals surface area contributed by atoms with Crippen molar-refractivity contribution in [1.29, 1.82) is 0 Å². The van der Waals surface area contributed by atoms with E-state index in [4.69, 9.17) is 5.73 Å². The maximum atomic E-state index is 5.87. The zero-order valence-electron chi connectivity index (χ0n) is 9.33. The highest BCUT2D eigenvalue weighted by molar-refractivity contribution is 5.90. The molecule has 0 unspecified atom stereocenters. The summed E-state index contributed by atoms with van der Waals surface area (Å²) in [7, 11) is 0. The van der Waals surface area contributed by atoms with Crippen LogP contribution in [0.1, 0.15) is 5.56 Å². The highest BCUT2D eigenvalue weighted by Crippen LogP contribution is 2.25. The zero-order valence-corrected chi connectivity index (χ0v) is 9.33. The van der Waals surface area contributed by atoms with Crippen LogP contribution in [0.25, 0.3) is 16.7 Å². The van der Waals surface area contributed by atoms with Gasteiger partial charge >= 0.3 is 0 Å². The molecule has 84 valence electrons. The predicted molar refractivity (Wildman–Crippen MR) is 65.8 cm³/mol. The van der Waals surface area contributed by atoms with Gasteiger partial charge in [-0.25, -0.2) is 9.97 Å². The molecule has 3 rings (SSSR count). The molecule has 5 heteroatoms. The summed E-state index contributed by atoms with van der Waals surface area (Å²) in [5.41, 5.74) is 8.77. The van der Waals surface area contributed by atoms with Gasteiger partial charge in [0.1, 0.15) is 17.8 Å². The van der Waals surface area contributed by atoms with Crippen LogP contribution in [-0.2, 0) is 0 Å². The van der Waals surface area contributed by atoms with Gasteiger partial charge in [-0.05, 0) is 24.6 Å². The average molecular weight is 225 g/mol. The van der Waals surface area contributed by atoms with Gasteiger partial charge in [-0.3, -0.25) is 4.98 Å². The van der Waals surface area contributed by atoms with Crippen LogP contribution >= 0.6 is 0 Å². The van der Waals surface area contributed by atoms with E-state index in [1.54, 1.807) is 12.4 Å². The van der Waals surface area contributed by atoms with Gasteiger partial charge in [-0.1, -0.05) is 0 Å². The molecule has 3 aromatic rings. The Morgan fingerprint density at radius 1 is 1.18 bits per heavy atom. The summed E-state index contributed by atoms with van der Waals surface area (Å²) in [5.74, 6) is 0.514. The lowest BCUT2D eigenvalue weighted by molar-refractivity contribution is 1.06. The van der Waals surface area contributed by atoms with Crippen LogP contribution < -0.4 is 5.73 Å². The summed E-state index contributed by atoms with van der Waals surface area (Å²) in [5, 5.41) is 0.907. The quantitative estimate of drug-likeness (QED) is 0.684. The Hall–Kier alpha value is -2.43. The Morgan fingerprint density at radius 2 is 1.94 bits per heavy atom. The SMILES string of the molecule is Cc1cn(-c2ccncc2)c2ncnc(N)c12. The molecule has 5 nitrogen and oxygen atoms in total. The molecule has 3 heterocycles. The van der Waals surface area contributed by atoms with Gasteiger partial charge in [0.25, 0.3) is 0 Å². The number of hydrogen-bond donors (Lipinski definition) is 1. The number of aromatic nitrogens is 4. The maximum absolute atomic E-state index is 5.87. The molecule has 0 aliphatic heterocycles. The minimum Gasteiger partial charge on any atom is -0.383 e. The van der Waals surface area contributed by atoms with Crippen LogP contribution in [0.3, 0.4) is 0 Å². The molecular weight excluding hydrogens is 214 g/mol. The Balaban J connectivity index is 2.36. The number of hydrogen-bond acceptors (Lipinski definition) is 4. The summed E-state index contributed by atoms with van der Waals surface area (Å²) in [6, 6.07) is 3.86. The standard InChI is InChI=1S/C12H11N5/c1-8-6-17(9-2-4-14-5-3-9)12-10(8)11(13)15-7-16-12/h2-7H,1H3,(H2,13,15,16). The number of nitrogen functional groups attached to an aromatic ring is 1. The molecule has 0 aromatic carbocycles. The van der Waals surface area contributed by atoms with Gasteiger partial charge in [0.2, 0.25) is 0 Å². The highest BCUT2D eigenvalue weighted by atomic mass is 15.1. The third-order valence-electron chi connectivity index (χ3n) is 2.74. The van der Waals surface area contributed by atoms with Crippen molar-refractivity contribution in [3.05, 3.63) is 42.6 Å². The molecule has 0 fully saturated rings. The average Bonchev–Trinajstić information content (AvgIpc) is 2.69. The first kappa shape index (κ1) is 9.77. The van der Waals surface area contributed by atoms with Gasteiger partial charge in [0.15, 0.2) is 0 Å². The molecular formula is C12H11N5. The monoisotopic (exact) mass is 225 g/mol. The van der Waals surface area contributed by atoms with Crippen LogP contribution in [0.15, 0.2) is 37.1 Å². The third-order valence-corrected chi connectivity index (χ3v) is 2.74. The van der Waals surface area contributed by atoms with Crippen molar-refractivity contribution in [3.8, 4) is 5.69 Å². The smallest absolute Gasteiger partial charge is 0.150 e. The Labute approximate surface area is 98.0 Å². The molecule has 2 N–H and O–H groups in total. The van der Waals surface area contributed by atoms with Gasteiger partial charge < -0.3 is 10.3 Å². The second-order valence-corrected chi connectivity index (χ2v) is 3.85. The molecule has 0 saturated carbocycles. The fourth-order valence-corrected chi connectivity index (χ4v) is 1.97. The number of anilines is 1. The molecule has 0 bridgehead atoms. The van der Waals surface area contributed by atoms with E-state index in [-0.39, 0.29) is 0 Å². The van der Waals surface area contributed by atoms with Crippen LogP contribution in [0.2, 0.25) is 0 Å². The number of aryl methyl sites for hydroxylation is 1. The van der Waals surface area contributed by atoms with Gasteiger partial charge in [-0.15, -0.1) is 0 Å². The van der Waals surface area contributed by atoms with Crippen LogP contribution in [0, 0.1) is 6.92 Å². The lowest BCUT2D eigenvalue weighted by Gasteiger charge is -2.03. The van der Waals surface area contributed by atoms with E-state index in [1.165, 1.54) is 6.33 Å². The van der Waals surface area contributed by atoms with Crippen molar-refractivity contribution >= 4 is 16.9 Å². The minimum absolute atomic E-state index is 0.514. The largest absolute Gasteiger partial charge is 0.383 e. The fourth-order valence-electron chi connectivity index (χ4n) is 1.97. The second-order valence-electron chi connectivity index (χ2n) is 3.85. The van der Waals surface area contributed by atoms with Crippen LogP contribution in [0.4, 0.5) is 5.82 Å². The number of pyridine rings is 1. The predicted octanol–water partition coefficient (Wildman–Crippen LogP) is 1.71. The Bertz CT molecular complexity index is 672.